The fourth-order valence-corrected chi connectivity index (χ4v) is 15.4. The number of carbonyl (C=O) groups is 5. The Bertz CT molecular complexity index is 3180. The molecular weight excluding hydrogens is 1610 g/mol. The lowest BCUT2D eigenvalue weighted by atomic mass is 9.87. The Hall–Kier alpha value is -4.29. The molecule has 0 aromatic carbocycles. The van der Waals surface area contributed by atoms with Crippen LogP contribution in [0.3, 0.4) is 0 Å². The Morgan fingerprint density at radius 1 is 0.381 bits per heavy atom. The Morgan fingerprint density at radius 3 is 1.19 bits per heavy atom. The van der Waals surface area contributed by atoms with Crippen LogP contribution in [0.2, 0.25) is 0 Å². The number of aliphatic hydroxyl groups excluding tert-OH is 24. The molecule has 51 heteroatoms. The van der Waals surface area contributed by atoms with Gasteiger partial charge in [-0.05, 0) is 6.92 Å². The minimum Gasteiger partial charge on any atom is -0.410 e. The van der Waals surface area contributed by atoms with Crippen LogP contribution in [0.1, 0.15) is 48.0 Å². The second-order valence-corrected chi connectivity index (χ2v) is 30.1. The maximum absolute atomic E-state index is 13.2. The molecule has 9 aliphatic heterocycles. The molecule has 9 rings (SSSR count). The normalized spacial score (nSPS) is 47.5. The highest BCUT2D eigenvalue weighted by molar-refractivity contribution is 5.74. The van der Waals surface area contributed by atoms with Crippen molar-refractivity contribution in [1.29, 1.82) is 0 Å². The minimum atomic E-state index is -2.66. The van der Waals surface area contributed by atoms with Crippen LogP contribution in [0.4, 0.5) is 0 Å². The molecule has 118 heavy (non-hydrogen) atoms. The quantitative estimate of drug-likeness (QED) is 0.0214. The number of rotatable bonds is 33. The van der Waals surface area contributed by atoms with E-state index in [9.17, 15) is 147 Å². The molecule has 0 aromatic rings. The number of ether oxygens (including phenoxy) is 18. The smallest absolute Gasteiger partial charge is 0.332 e. The summed E-state index contributed by atoms with van der Waals surface area (Å²) in [5.41, 5.74) is 0. The largest absolute Gasteiger partial charge is 0.410 e. The van der Waals surface area contributed by atoms with Gasteiger partial charge in [-0.25, -0.2) is 0 Å². The van der Waals surface area contributed by atoms with Gasteiger partial charge in [0.25, 0.3) is 6.47 Å². The molecule has 0 bridgehead atoms. The van der Waals surface area contributed by atoms with E-state index < -0.39 is 371 Å². The van der Waals surface area contributed by atoms with E-state index in [0.29, 0.717) is 0 Å². The van der Waals surface area contributed by atoms with Crippen molar-refractivity contribution in [2.24, 2.45) is 5.92 Å². The van der Waals surface area contributed by atoms with Gasteiger partial charge in [0.1, 0.15) is 201 Å². The highest BCUT2D eigenvalue weighted by Crippen LogP contribution is 2.42. The number of hydrogen-bond acceptors (Lipinski definition) is 47. The molecule has 4 amide bonds. The molecule has 46 atom stereocenters. The molecule has 0 aliphatic carbocycles. The van der Waals surface area contributed by atoms with Crippen molar-refractivity contribution in [3.05, 3.63) is 0 Å². The van der Waals surface area contributed by atoms with Crippen LogP contribution in [-0.2, 0) is 109 Å². The highest BCUT2D eigenvalue weighted by Gasteiger charge is 2.61. The van der Waals surface area contributed by atoms with Crippen molar-refractivity contribution < 1.29 is 232 Å². The summed E-state index contributed by atoms with van der Waals surface area (Å²) in [4.78, 5) is 62.8. The average Bonchev–Trinajstić information content (AvgIpc) is 0.766. The molecule has 0 radical (unpaired) electrons. The van der Waals surface area contributed by atoms with Crippen molar-refractivity contribution >= 4 is 30.1 Å². The van der Waals surface area contributed by atoms with Crippen LogP contribution < -0.4 is 21.3 Å². The summed E-state index contributed by atoms with van der Waals surface area (Å²) in [6, 6.07) is -6.85. The van der Waals surface area contributed by atoms with Crippen molar-refractivity contribution in [3.63, 3.8) is 0 Å². The monoisotopic (exact) mass is 1720 g/mol. The first-order valence-corrected chi connectivity index (χ1v) is 37.9. The summed E-state index contributed by atoms with van der Waals surface area (Å²) in [5, 5.41) is 278. The first-order chi connectivity index (χ1) is 55.8. The SMILES string of the molecule is CC(=O)NC1C(O)[C@H](O)[C@H](CO)O[C@H]1OC1[C@@H](OCC2O[C@@H](O[C@@H]3C(CO)O[C@@H](O[C@@H]4C(CO)O[C@@H](C)C(NC(C)=O)[C@H]4O)C(NC(C)=O)[C@H]3O)C(O)[C@@H](O[C@H]3OC(CO)[C@@H](O)C(O)C3O[C@@H]3OC(CO)[C@@H](O[C@@H]4OC(CO[C@]5(OC=O)C[C@@H](O)[C@@H](C)C(C(O)C(O)CO)O5)[C@H](O)[C@H](O)C4O)[C@H](O)C3NC(C)=O)[C@@H]2O)OC(CO)[C@@H](O)[C@@H]1O. The van der Waals surface area contributed by atoms with Gasteiger partial charge in [-0.15, -0.1) is 0 Å². The van der Waals surface area contributed by atoms with E-state index in [1.807, 2.05) is 0 Å². The van der Waals surface area contributed by atoms with E-state index in [4.69, 9.17) is 85.3 Å². The Kier molecular flexibility index (Phi) is 35.2. The number of amides is 4. The van der Waals surface area contributed by atoms with E-state index in [1.165, 1.54) is 13.8 Å². The van der Waals surface area contributed by atoms with Gasteiger partial charge in [-0.1, -0.05) is 6.92 Å². The van der Waals surface area contributed by atoms with E-state index in [0.717, 1.165) is 27.7 Å². The third-order valence-electron chi connectivity index (χ3n) is 21.9. The molecule has 20 unspecified atom stereocenters. The standard InChI is InChI=1S/C67H112N4O47/c1-18-24(84)7-67(103-17-79,118-53(18)38(86)25(85)8-72)102-16-33-42(90)48(96)51(99)63(111-33)113-55-30(13-77)109-62(37(47(55)95)71-23(6)83)117-59-50(98)41(89)28(11-75)107-66(59)115-57-43(91)32(15-101-65-58(49(97)40(88)27(10-74)106-65)116-60-35(69-21(4)81)44(92)39(87)26(9-73)105-60)110-64(52(57)100)114-56-31(14-78)108-61(36(46(56)94)70-22(5)82)112-54-29(12-76)104-19(2)34(45(54)93)68-20(3)80/h17-19,24-66,72-78,84-100H,7-16H2,1-6H3,(H,68,80)(H,69,81)(H,70,82)(H,71,83)/t18-,19+,24-,25?,26+,27?,28?,29?,30?,31?,32?,33?,34?,35?,36?,37?,38?,39-,40-,41-,42+,43-,44?,45-,46-,47-,48+,49+,50?,51?,52?,53?,54-,55-,56-,57+,58?,59?,60+,61+,62+,63+,64+,65+,66-,67+/m1/s1. The van der Waals surface area contributed by atoms with E-state index in [2.05, 4.69) is 21.3 Å². The fourth-order valence-electron chi connectivity index (χ4n) is 15.4. The second-order valence-electron chi connectivity index (χ2n) is 30.1. The summed E-state index contributed by atoms with van der Waals surface area (Å²) < 4.78 is 107. The summed E-state index contributed by atoms with van der Waals surface area (Å²) in [6.45, 7) is -3.02. The Labute approximate surface area is 670 Å². The molecule has 9 saturated heterocycles. The van der Waals surface area contributed by atoms with Crippen LogP contribution >= 0.6 is 0 Å². The number of hydrogen-bond donors (Lipinski definition) is 28. The second kappa shape index (κ2) is 42.6. The first-order valence-electron chi connectivity index (χ1n) is 37.9. The predicted molar refractivity (Wildman–Crippen MR) is 367 cm³/mol. The third-order valence-corrected chi connectivity index (χ3v) is 21.9. The minimum absolute atomic E-state index is 0.188. The maximum atomic E-state index is 13.2. The number of nitrogens with one attached hydrogen (secondary N) is 4. The van der Waals surface area contributed by atoms with Gasteiger partial charge in [0.2, 0.25) is 23.6 Å². The van der Waals surface area contributed by atoms with E-state index >= 15 is 0 Å². The van der Waals surface area contributed by atoms with Gasteiger partial charge in [-0.2, -0.15) is 0 Å². The van der Waals surface area contributed by atoms with Gasteiger partial charge >= 0.3 is 5.97 Å². The molecule has 51 nitrogen and oxygen atoms in total. The van der Waals surface area contributed by atoms with Crippen molar-refractivity contribution in [1.82, 2.24) is 21.3 Å². The van der Waals surface area contributed by atoms with Gasteiger partial charge in [0, 0.05) is 33.6 Å². The van der Waals surface area contributed by atoms with Crippen molar-refractivity contribution in [2.75, 3.05) is 59.5 Å². The Morgan fingerprint density at radius 2 is 0.737 bits per heavy atom. The molecule has 9 heterocycles. The molecular formula is C67H112N4O47. The van der Waals surface area contributed by atoms with Crippen molar-refractivity contribution in [3.8, 4) is 0 Å². The maximum Gasteiger partial charge on any atom is 0.332 e. The fraction of sp³-hybridized carbons (Fsp3) is 0.925. The molecule has 0 aromatic heterocycles. The number of aliphatic hydroxyl groups is 24. The zero-order chi connectivity index (χ0) is 87.1. The molecule has 28 N–H and O–H groups in total. The topological polar surface area (TPSA) is 785 Å². The summed E-state index contributed by atoms with van der Waals surface area (Å²) in [5.74, 6) is -7.07. The lowest BCUT2D eigenvalue weighted by Crippen LogP contribution is -2.71. The molecule has 0 saturated carbocycles. The molecule has 0 spiro atoms. The highest BCUT2D eigenvalue weighted by atomic mass is 16.9. The number of carbonyl (C=O) groups excluding carboxylic acids is 5. The van der Waals surface area contributed by atoms with Gasteiger partial charge in [0.15, 0.2) is 44.0 Å². The summed E-state index contributed by atoms with van der Waals surface area (Å²) in [7, 11) is 0. The molecule has 682 valence electrons. The van der Waals surface area contributed by atoms with Crippen LogP contribution in [0, 0.1) is 5.92 Å². The van der Waals surface area contributed by atoms with Gasteiger partial charge in [-0.3, -0.25) is 24.0 Å². The molecule has 9 fully saturated rings. The first kappa shape index (κ1) is 97.5. The van der Waals surface area contributed by atoms with Crippen LogP contribution in [-0.4, -0.2) is 488 Å². The van der Waals surface area contributed by atoms with Crippen LogP contribution in [0.25, 0.3) is 0 Å². The van der Waals surface area contributed by atoms with E-state index in [1.54, 1.807) is 0 Å². The predicted octanol–water partition coefficient (Wildman–Crippen LogP) is -18.5. The lowest BCUT2D eigenvalue weighted by molar-refractivity contribution is -0.424. The summed E-state index contributed by atoms with van der Waals surface area (Å²) >= 11 is 0. The van der Waals surface area contributed by atoms with Gasteiger partial charge < -0.3 is 229 Å². The van der Waals surface area contributed by atoms with E-state index in [-0.39, 0.29) is 6.47 Å². The third kappa shape index (κ3) is 21.8. The molecule has 9 aliphatic rings. The Balaban J connectivity index is 1.03. The zero-order valence-corrected chi connectivity index (χ0v) is 64.3. The average molecular weight is 1730 g/mol. The van der Waals surface area contributed by atoms with Crippen LogP contribution in [0.5, 0.6) is 0 Å². The lowest BCUT2D eigenvalue weighted by Gasteiger charge is -2.51. The van der Waals surface area contributed by atoms with Crippen LogP contribution in [0.15, 0.2) is 0 Å². The summed E-state index contributed by atoms with van der Waals surface area (Å²) in [6.07, 6.45) is -82.2. The van der Waals surface area contributed by atoms with Gasteiger partial charge in [0.05, 0.1) is 90.2 Å². The zero-order valence-electron chi connectivity index (χ0n) is 64.3. The van der Waals surface area contributed by atoms with Crippen molar-refractivity contribution in [2.45, 2.75) is 324 Å².